The first-order valence-electron chi connectivity index (χ1n) is 5.95. The van der Waals surface area contributed by atoms with Gasteiger partial charge in [-0.25, -0.2) is 4.98 Å². The number of rotatable bonds is 3. The Bertz CT molecular complexity index is 750. The summed E-state index contributed by atoms with van der Waals surface area (Å²) < 4.78 is 1.97. The predicted molar refractivity (Wildman–Crippen MR) is 76.9 cm³/mol. The normalized spacial score (nSPS) is 10.7. The highest BCUT2D eigenvalue weighted by Gasteiger charge is 2.11. The van der Waals surface area contributed by atoms with E-state index in [4.69, 9.17) is 11.0 Å². The van der Waals surface area contributed by atoms with Crippen LogP contribution in [-0.4, -0.2) is 9.55 Å². The lowest BCUT2D eigenvalue weighted by Gasteiger charge is -2.05. The molecule has 2 N–H and O–H groups in total. The Morgan fingerprint density at radius 1 is 1.37 bits per heavy atom. The van der Waals surface area contributed by atoms with Crippen molar-refractivity contribution in [1.29, 1.82) is 5.26 Å². The monoisotopic (exact) mass is 268 g/mol. The maximum absolute atomic E-state index is 9.08. The van der Waals surface area contributed by atoms with Gasteiger partial charge in [-0.1, -0.05) is 6.07 Å². The second-order valence-electron chi connectivity index (χ2n) is 4.29. The Kier molecular flexibility index (Phi) is 2.94. The van der Waals surface area contributed by atoms with Crippen LogP contribution in [0.15, 0.2) is 35.0 Å². The molecule has 0 bridgehead atoms. The molecule has 0 saturated carbocycles. The van der Waals surface area contributed by atoms with E-state index in [1.165, 1.54) is 5.56 Å². The van der Waals surface area contributed by atoms with Crippen LogP contribution >= 0.6 is 11.3 Å². The number of para-hydroxylation sites is 1. The van der Waals surface area contributed by atoms with E-state index in [1.807, 2.05) is 16.7 Å². The Balaban J connectivity index is 1.99. The molecule has 3 aromatic rings. The molecule has 1 aromatic carbocycles. The molecule has 0 aliphatic carbocycles. The van der Waals surface area contributed by atoms with E-state index >= 15 is 0 Å². The fourth-order valence-electron chi connectivity index (χ4n) is 2.17. The number of nitrogens with two attached hydrogens (primary N) is 1. The molecule has 0 spiro atoms. The molecule has 4 nitrogen and oxygen atoms in total. The zero-order valence-corrected chi connectivity index (χ0v) is 11.0. The van der Waals surface area contributed by atoms with E-state index < -0.39 is 0 Å². The highest BCUT2D eigenvalue weighted by molar-refractivity contribution is 7.07. The fourth-order valence-corrected chi connectivity index (χ4v) is 2.87. The topological polar surface area (TPSA) is 67.6 Å². The van der Waals surface area contributed by atoms with Crippen LogP contribution in [0.5, 0.6) is 0 Å². The van der Waals surface area contributed by atoms with Crippen LogP contribution in [0.2, 0.25) is 0 Å². The lowest BCUT2D eigenvalue weighted by molar-refractivity contribution is 0.727. The summed E-state index contributed by atoms with van der Waals surface area (Å²) in [5, 5.41) is 13.3. The summed E-state index contributed by atoms with van der Waals surface area (Å²) in [5.41, 5.74) is 9.43. The summed E-state index contributed by atoms with van der Waals surface area (Å²) in [6, 6.07) is 9.84. The van der Waals surface area contributed by atoms with Crippen LogP contribution < -0.4 is 5.73 Å². The molecule has 0 saturated heterocycles. The van der Waals surface area contributed by atoms with Gasteiger partial charge in [0, 0.05) is 6.54 Å². The molecule has 94 valence electrons. The lowest BCUT2D eigenvalue weighted by Crippen LogP contribution is -2.05. The Morgan fingerprint density at radius 3 is 3.00 bits per heavy atom. The highest BCUT2D eigenvalue weighted by atomic mass is 32.1. The molecule has 0 fully saturated rings. The van der Waals surface area contributed by atoms with Gasteiger partial charge in [0.15, 0.2) is 0 Å². The summed E-state index contributed by atoms with van der Waals surface area (Å²) >= 11 is 1.69. The van der Waals surface area contributed by atoms with Gasteiger partial charge in [-0.2, -0.15) is 16.6 Å². The molecule has 0 aliphatic rings. The predicted octanol–water partition coefficient (Wildman–Crippen LogP) is 2.79. The zero-order chi connectivity index (χ0) is 13.2. The molecule has 19 heavy (non-hydrogen) atoms. The van der Waals surface area contributed by atoms with Gasteiger partial charge < -0.3 is 10.3 Å². The molecule has 5 heteroatoms. The average Bonchev–Trinajstić information content (AvgIpc) is 3.03. The highest BCUT2D eigenvalue weighted by Crippen LogP contribution is 2.21. The second kappa shape index (κ2) is 4.75. The van der Waals surface area contributed by atoms with Gasteiger partial charge in [0.2, 0.25) is 5.95 Å². The number of anilines is 1. The fraction of sp³-hybridized carbons (Fsp3) is 0.143. The summed E-state index contributed by atoms with van der Waals surface area (Å²) in [7, 11) is 0. The number of thiophene rings is 1. The van der Waals surface area contributed by atoms with Crippen molar-refractivity contribution in [2.24, 2.45) is 0 Å². The summed E-state index contributed by atoms with van der Waals surface area (Å²) in [5.74, 6) is 0.466. The number of nitrogens with zero attached hydrogens (tertiary/aromatic N) is 3. The third-order valence-electron chi connectivity index (χ3n) is 3.13. The van der Waals surface area contributed by atoms with Crippen molar-refractivity contribution < 1.29 is 0 Å². The van der Waals surface area contributed by atoms with Crippen LogP contribution in [0.4, 0.5) is 5.95 Å². The Hall–Kier alpha value is -2.32. The lowest BCUT2D eigenvalue weighted by atomic mass is 10.2. The van der Waals surface area contributed by atoms with Gasteiger partial charge in [0.05, 0.1) is 11.1 Å². The van der Waals surface area contributed by atoms with E-state index in [0.717, 1.165) is 18.5 Å². The first-order chi connectivity index (χ1) is 9.29. The number of nitrogen functional groups attached to an aromatic ring is 1. The molecule has 2 aromatic heterocycles. The number of hydrogen-bond acceptors (Lipinski definition) is 4. The zero-order valence-electron chi connectivity index (χ0n) is 10.2. The maximum Gasteiger partial charge on any atom is 0.201 e. The molecule has 0 radical (unpaired) electrons. The number of fused-ring (bicyclic) bond motifs is 1. The van der Waals surface area contributed by atoms with E-state index in [1.54, 1.807) is 17.4 Å². The molecule has 0 amide bonds. The van der Waals surface area contributed by atoms with Gasteiger partial charge in [-0.3, -0.25) is 0 Å². The van der Waals surface area contributed by atoms with Crippen molar-refractivity contribution >= 4 is 28.3 Å². The average molecular weight is 268 g/mol. The molecular formula is C14H12N4S. The first kappa shape index (κ1) is 11.8. The minimum absolute atomic E-state index is 0.466. The number of hydrogen-bond donors (Lipinski definition) is 1. The third-order valence-corrected chi connectivity index (χ3v) is 3.87. The standard InChI is InChI=1S/C14H12N4S/c15-8-11-2-1-3-12-13(11)17-14(16)18(12)6-4-10-5-7-19-9-10/h1-3,5,7,9H,4,6H2,(H2,16,17). The van der Waals surface area contributed by atoms with Crippen molar-refractivity contribution in [3.8, 4) is 6.07 Å². The quantitative estimate of drug-likeness (QED) is 0.794. The Morgan fingerprint density at radius 2 is 2.26 bits per heavy atom. The molecule has 0 unspecified atom stereocenters. The number of benzene rings is 1. The van der Waals surface area contributed by atoms with Crippen LogP contribution in [0.1, 0.15) is 11.1 Å². The van der Waals surface area contributed by atoms with E-state index in [0.29, 0.717) is 17.0 Å². The van der Waals surface area contributed by atoms with E-state index in [2.05, 4.69) is 27.9 Å². The van der Waals surface area contributed by atoms with Crippen LogP contribution in [0.25, 0.3) is 11.0 Å². The number of imidazole rings is 1. The van der Waals surface area contributed by atoms with Crippen molar-refractivity contribution in [2.45, 2.75) is 13.0 Å². The van der Waals surface area contributed by atoms with Crippen LogP contribution in [-0.2, 0) is 13.0 Å². The number of aryl methyl sites for hydroxylation is 2. The minimum Gasteiger partial charge on any atom is -0.369 e. The summed E-state index contributed by atoms with van der Waals surface area (Å²) in [6.07, 6.45) is 0.913. The minimum atomic E-state index is 0.466. The van der Waals surface area contributed by atoms with Crippen LogP contribution in [0.3, 0.4) is 0 Å². The van der Waals surface area contributed by atoms with Gasteiger partial charge in [-0.05, 0) is 40.9 Å². The third kappa shape index (κ3) is 2.07. The van der Waals surface area contributed by atoms with Crippen LogP contribution in [0, 0.1) is 11.3 Å². The molecule has 3 rings (SSSR count). The van der Waals surface area contributed by atoms with Gasteiger partial charge in [0.25, 0.3) is 0 Å². The van der Waals surface area contributed by atoms with Gasteiger partial charge in [-0.15, -0.1) is 0 Å². The molecule has 0 atom stereocenters. The van der Waals surface area contributed by atoms with Crippen molar-refractivity contribution in [3.63, 3.8) is 0 Å². The van der Waals surface area contributed by atoms with Crippen molar-refractivity contribution in [1.82, 2.24) is 9.55 Å². The first-order valence-corrected chi connectivity index (χ1v) is 6.90. The van der Waals surface area contributed by atoms with Crippen molar-refractivity contribution in [3.05, 3.63) is 46.2 Å². The number of nitriles is 1. The second-order valence-corrected chi connectivity index (χ2v) is 5.07. The van der Waals surface area contributed by atoms with Gasteiger partial charge >= 0.3 is 0 Å². The maximum atomic E-state index is 9.08. The summed E-state index contributed by atoms with van der Waals surface area (Å²) in [6.45, 7) is 0.772. The number of aromatic nitrogens is 2. The molecule has 0 aliphatic heterocycles. The largest absolute Gasteiger partial charge is 0.369 e. The van der Waals surface area contributed by atoms with Gasteiger partial charge in [0.1, 0.15) is 11.6 Å². The summed E-state index contributed by atoms with van der Waals surface area (Å²) in [4.78, 5) is 4.30. The van der Waals surface area contributed by atoms with Crippen molar-refractivity contribution in [2.75, 3.05) is 5.73 Å². The van der Waals surface area contributed by atoms with E-state index in [-0.39, 0.29) is 0 Å². The SMILES string of the molecule is N#Cc1cccc2c1nc(N)n2CCc1ccsc1. The smallest absolute Gasteiger partial charge is 0.201 e. The Labute approximate surface area is 114 Å². The molecule has 2 heterocycles. The van der Waals surface area contributed by atoms with E-state index in [9.17, 15) is 0 Å². The molecular weight excluding hydrogens is 256 g/mol.